The van der Waals surface area contributed by atoms with E-state index in [1.54, 1.807) is 0 Å². The third kappa shape index (κ3) is 7.94. The first-order chi connectivity index (χ1) is 21.4. The molecule has 236 valence electrons. The number of rotatable bonds is 11. The van der Waals surface area contributed by atoms with Crippen molar-refractivity contribution in [1.82, 2.24) is 0 Å². The van der Waals surface area contributed by atoms with E-state index >= 15 is 0 Å². The number of benzene rings is 4. The number of ether oxygens (including phenoxy) is 1. The normalized spacial score (nSPS) is 17.8. The fourth-order valence-corrected chi connectivity index (χ4v) is 7.49. The average Bonchev–Trinajstić information content (AvgIpc) is 3.34. The van der Waals surface area contributed by atoms with Crippen LogP contribution in [0.25, 0.3) is 0 Å². The van der Waals surface area contributed by atoms with E-state index in [2.05, 4.69) is 55.9 Å². The lowest BCUT2D eigenvalue weighted by atomic mass is 9.87. The molecule has 0 aromatic heterocycles. The number of nitrogens with zero attached hydrogens (tertiary/aromatic N) is 1. The molecule has 45 heavy (non-hydrogen) atoms. The van der Waals surface area contributed by atoms with Crippen LogP contribution in [0.1, 0.15) is 68.9 Å². The molecule has 1 aliphatic heterocycles. The Bertz CT molecular complexity index is 1570. The molecule has 1 saturated heterocycles. The molecule has 0 aliphatic carbocycles. The number of anilines is 1. The molecule has 0 bridgehead atoms. The van der Waals surface area contributed by atoms with Crippen LogP contribution in [-0.2, 0) is 15.8 Å². The van der Waals surface area contributed by atoms with Gasteiger partial charge in [-0.05, 0) is 84.4 Å². The Balaban J connectivity index is 1.49. The fourth-order valence-electron chi connectivity index (χ4n) is 5.83. The molecule has 5 rings (SSSR count). The van der Waals surface area contributed by atoms with Crippen molar-refractivity contribution in [3.8, 4) is 5.75 Å². The smallest absolute Gasteiger partial charge is 0.227 e. The lowest BCUT2D eigenvalue weighted by Crippen LogP contribution is -2.42. The van der Waals surface area contributed by atoms with E-state index in [9.17, 15) is 9.18 Å². The van der Waals surface area contributed by atoms with Crippen LogP contribution < -0.4 is 9.64 Å². The fraction of sp³-hybridized carbons (Fsp3) is 0.342. The van der Waals surface area contributed by atoms with Crippen LogP contribution in [0.3, 0.4) is 0 Å². The van der Waals surface area contributed by atoms with Gasteiger partial charge in [0.05, 0.1) is 12.1 Å². The van der Waals surface area contributed by atoms with Crippen LogP contribution >= 0.6 is 15.9 Å². The van der Waals surface area contributed by atoms with Gasteiger partial charge in [-0.1, -0.05) is 103 Å². The van der Waals surface area contributed by atoms with E-state index in [1.165, 1.54) is 12.1 Å². The summed E-state index contributed by atoms with van der Waals surface area (Å²) >= 11 is 3.64. The summed E-state index contributed by atoms with van der Waals surface area (Å²) in [6.45, 7) is 11.6. The predicted octanol–water partition coefficient (Wildman–Crippen LogP) is 10.8. The summed E-state index contributed by atoms with van der Waals surface area (Å²) in [7, 11) is -2.16. The Morgan fingerprint density at radius 1 is 0.933 bits per heavy atom. The topological polar surface area (TPSA) is 38.8 Å². The molecule has 1 fully saturated rings. The maximum absolute atomic E-state index is 13.9. The molecule has 4 aromatic carbocycles. The number of hydrogen-bond donors (Lipinski definition) is 0. The van der Waals surface area contributed by atoms with Crippen LogP contribution in [-0.4, -0.2) is 14.2 Å². The predicted molar refractivity (Wildman–Crippen MR) is 186 cm³/mol. The van der Waals surface area contributed by atoms with Crippen molar-refractivity contribution in [1.29, 1.82) is 0 Å². The van der Waals surface area contributed by atoms with E-state index in [4.69, 9.17) is 9.16 Å². The summed E-state index contributed by atoms with van der Waals surface area (Å²) in [4.78, 5) is 15.8. The molecular weight excluding hydrogens is 645 g/mol. The van der Waals surface area contributed by atoms with Gasteiger partial charge in [-0.2, -0.15) is 0 Å². The van der Waals surface area contributed by atoms with E-state index < -0.39 is 8.32 Å². The summed E-state index contributed by atoms with van der Waals surface area (Å²) in [6.07, 6.45) is 1.69. The summed E-state index contributed by atoms with van der Waals surface area (Å²) in [5.41, 5.74) is 3.90. The molecule has 0 saturated carbocycles. The largest absolute Gasteiger partial charge is 0.489 e. The SMILES string of the molecule is CC(C)(C)[Si](C)(C)O[C@@H](CC[C@@H]1CC(=O)N(c2ccccc2)[C@@H]1c1ccc(Br)cc1OCc1ccccc1)c1ccc(F)cc1. The van der Waals surface area contributed by atoms with E-state index in [-0.39, 0.29) is 34.8 Å². The van der Waals surface area contributed by atoms with Gasteiger partial charge in [0.2, 0.25) is 5.91 Å². The van der Waals surface area contributed by atoms with Crippen LogP contribution in [0.5, 0.6) is 5.75 Å². The zero-order valence-electron chi connectivity index (χ0n) is 26.8. The van der Waals surface area contributed by atoms with Crippen LogP contribution in [0.15, 0.2) is 108 Å². The minimum atomic E-state index is -2.16. The maximum Gasteiger partial charge on any atom is 0.227 e. The number of hydrogen-bond acceptors (Lipinski definition) is 3. The summed E-state index contributed by atoms with van der Waals surface area (Å²) < 4.78 is 28.3. The molecule has 0 N–H and O–H groups in total. The van der Waals surface area contributed by atoms with Crippen molar-refractivity contribution in [2.24, 2.45) is 5.92 Å². The standard InChI is InChI=1S/C38H43BrFNO3Si/c1-38(2,3)45(4,5)44-34(28-16-20-31(40)21-17-28)23-18-29-24-36(42)41(32-14-10-7-11-15-32)37(29)33-22-19-30(39)25-35(33)43-26-27-12-8-6-9-13-27/h6-17,19-22,25,29,34,37H,18,23-24,26H2,1-5H3/t29-,34+,37+/m1/s1. The van der Waals surface area contributed by atoms with Crippen molar-refractivity contribution in [3.63, 3.8) is 0 Å². The number of amides is 1. The van der Waals surface area contributed by atoms with Crippen LogP contribution in [0, 0.1) is 11.7 Å². The van der Waals surface area contributed by atoms with Crippen molar-refractivity contribution in [2.75, 3.05) is 4.90 Å². The summed E-state index contributed by atoms with van der Waals surface area (Å²) in [5, 5.41) is 0.0175. The highest BCUT2D eigenvalue weighted by molar-refractivity contribution is 9.10. The van der Waals surface area contributed by atoms with E-state index in [0.717, 1.165) is 39.0 Å². The summed E-state index contributed by atoms with van der Waals surface area (Å²) in [5.74, 6) is 0.607. The third-order valence-corrected chi connectivity index (χ3v) is 14.3. The van der Waals surface area contributed by atoms with E-state index in [1.807, 2.05) is 89.8 Å². The van der Waals surface area contributed by atoms with Crippen molar-refractivity contribution in [2.45, 2.75) is 76.9 Å². The van der Waals surface area contributed by atoms with Gasteiger partial charge >= 0.3 is 0 Å². The maximum atomic E-state index is 13.9. The highest BCUT2D eigenvalue weighted by atomic mass is 79.9. The van der Waals surface area contributed by atoms with Crippen molar-refractivity contribution >= 4 is 35.8 Å². The zero-order valence-corrected chi connectivity index (χ0v) is 29.4. The number of carbonyl (C=O) groups is 1. The molecular formula is C38H43BrFNO3Si. The molecule has 0 spiro atoms. The van der Waals surface area contributed by atoms with Crippen LogP contribution in [0.4, 0.5) is 10.1 Å². The van der Waals surface area contributed by atoms with Gasteiger partial charge in [0.25, 0.3) is 0 Å². The Kier molecular flexibility index (Phi) is 10.3. The monoisotopic (exact) mass is 687 g/mol. The first kappa shape index (κ1) is 33.1. The lowest BCUT2D eigenvalue weighted by Gasteiger charge is -2.40. The first-order valence-electron chi connectivity index (χ1n) is 15.7. The molecule has 3 atom stereocenters. The molecule has 4 aromatic rings. The molecule has 1 amide bonds. The number of carbonyl (C=O) groups excluding carboxylic acids is 1. The van der Waals surface area contributed by atoms with Crippen molar-refractivity contribution < 1.29 is 18.3 Å². The average molecular weight is 689 g/mol. The minimum Gasteiger partial charge on any atom is -0.489 e. The molecule has 4 nitrogen and oxygen atoms in total. The van der Waals surface area contributed by atoms with Gasteiger partial charge in [0.1, 0.15) is 18.2 Å². The van der Waals surface area contributed by atoms with Gasteiger partial charge in [0.15, 0.2) is 8.32 Å². The Morgan fingerprint density at radius 2 is 1.58 bits per heavy atom. The van der Waals surface area contributed by atoms with E-state index in [0.29, 0.717) is 19.4 Å². The number of halogens is 2. The molecule has 7 heteroatoms. The Hall–Kier alpha value is -3.26. The second kappa shape index (κ2) is 14.0. The first-order valence-corrected chi connectivity index (χ1v) is 19.4. The second-order valence-electron chi connectivity index (χ2n) is 13.5. The Labute approximate surface area is 276 Å². The zero-order chi connectivity index (χ0) is 32.2. The lowest BCUT2D eigenvalue weighted by molar-refractivity contribution is -0.117. The molecule has 0 unspecified atom stereocenters. The molecule has 1 heterocycles. The van der Waals surface area contributed by atoms with Gasteiger partial charge in [-0.3, -0.25) is 4.79 Å². The highest BCUT2D eigenvalue weighted by Crippen LogP contribution is 2.48. The Morgan fingerprint density at radius 3 is 2.22 bits per heavy atom. The van der Waals surface area contributed by atoms with Gasteiger partial charge in [-0.25, -0.2) is 4.39 Å². The van der Waals surface area contributed by atoms with Crippen LogP contribution in [0.2, 0.25) is 18.1 Å². The quantitative estimate of drug-likeness (QED) is 0.147. The molecule has 1 aliphatic rings. The second-order valence-corrected chi connectivity index (χ2v) is 19.1. The van der Waals surface area contributed by atoms with Gasteiger partial charge in [0, 0.05) is 22.1 Å². The molecule has 0 radical (unpaired) electrons. The summed E-state index contributed by atoms with van der Waals surface area (Å²) in [6, 6.07) is 32.6. The highest BCUT2D eigenvalue weighted by Gasteiger charge is 2.44. The number of para-hydroxylation sites is 1. The minimum absolute atomic E-state index is 0.0175. The van der Waals surface area contributed by atoms with Crippen molar-refractivity contribution in [3.05, 3.63) is 130 Å². The van der Waals surface area contributed by atoms with Gasteiger partial charge < -0.3 is 14.1 Å². The third-order valence-electron chi connectivity index (χ3n) is 9.28. The van der Waals surface area contributed by atoms with Gasteiger partial charge in [-0.15, -0.1) is 0 Å².